The van der Waals surface area contributed by atoms with E-state index in [1.54, 1.807) is 6.20 Å². The van der Waals surface area contributed by atoms with Gasteiger partial charge < -0.3 is 9.84 Å². The molecular weight excluding hydrogens is 176 g/mol. The largest absolute Gasteiger partial charge is 0.380 e. The summed E-state index contributed by atoms with van der Waals surface area (Å²) in [6.07, 6.45) is 6.74. The summed E-state index contributed by atoms with van der Waals surface area (Å²) in [6.45, 7) is 5.46. The van der Waals surface area contributed by atoms with Crippen LogP contribution in [0.1, 0.15) is 38.9 Å². The van der Waals surface area contributed by atoms with Gasteiger partial charge in [0.2, 0.25) is 0 Å². The van der Waals surface area contributed by atoms with Gasteiger partial charge in [-0.05, 0) is 18.3 Å². The number of hydrogen-bond donors (Lipinski definition) is 1. The summed E-state index contributed by atoms with van der Waals surface area (Å²) in [4.78, 5) is 0. The Morgan fingerprint density at radius 2 is 2.36 bits per heavy atom. The van der Waals surface area contributed by atoms with Crippen molar-refractivity contribution in [3.05, 3.63) is 12.0 Å². The molecule has 0 spiro atoms. The number of nitrogens with zero attached hydrogens (tertiary/aromatic N) is 1. The molecular formula is C11H18N2O. The van der Waals surface area contributed by atoms with Gasteiger partial charge in [0.25, 0.3) is 0 Å². The Bertz CT molecular complexity index is 302. The number of aryl methyl sites for hydroxylation is 1. The number of rotatable bonds is 4. The molecule has 0 amide bonds. The van der Waals surface area contributed by atoms with Crippen LogP contribution in [0.2, 0.25) is 0 Å². The van der Waals surface area contributed by atoms with Crippen molar-refractivity contribution in [1.82, 2.24) is 5.16 Å². The minimum Gasteiger partial charge on any atom is -0.380 e. The zero-order valence-electron chi connectivity index (χ0n) is 8.97. The molecule has 0 atom stereocenters. The van der Waals surface area contributed by atoms with Crippen molar-refractivity contribution in [1.29, 1.82) is 0 Å². The Hall–Kier alpha value is -0.990. The predicted molar refractivity (Wildman–Crippen MR) is 56.3 cm³/mol. The lowest BCUT2D eigenvalue weighted by Crippen LogP contribution is -2.33. The molecule has 14 heavy (non-hydrogen) atoms. The number of anilines is 1. The van der Waals surface area contributed by atoms with Crippen LogP contribution in [0, 0.1) is 5.41 Å². The SMILES string of the molecule is CCc1oncc1NCC1(C)CCC1. The van der Waals surface area contributed by atoms with E-state index in [0.717, 1.165) is 24.4 Å². The summed E-state index contributed by atoms with van der Waals surface area (Å²) in [5, 5.41) is 7.23. The molecule has 1 aromatic heterocycles. The molecule has 3 nitrogen and oxygen atoms in total. The van der Waals surface area contributed by atoms with Crippen LogP contribution in [0.3, 0.4) is 0 Å². The van der Waals surface area contributed by atoms with Gasteiger partial charge in [-0.2, -0.15) is 0 Å². The quantitative estimate of drug-likeness (QED) is 0.801. The summed E-state index contributed by atoms with van der Waals surface area (Å²) in [5.41, 5.74) is 1.57. The molecule has 3 heteroatoms. The number of nitrogens with one attached hydrogen (secondary N) is 1. The zero-order chi connectivity index (χ0) is 10.0. The molecule has 0 unspecified atom stereocenters. The fourth-order valence-corrected chi connectivity index (χ4v) is 1.93. The lowest BCUT2D eigenvalue weighted by atomic mass is 9.70. The Kier molecular flexibility index (Phi) is 2.48. The highest BCUT2D eigenvalue weighted by Gasteiger charge is 2.31. The molecule has 1 saturated carbocycles. The van der Waals surface area contributed by atoms with E-state index in [1.165, 1.54) is 19.3 Å². The number of hydrogen-bond acceptors (Lipinski definition) is 3. The van der Waals surface area contributed by atoms with Gasteiger partial charge in [0.1, 0.15) is 0 Å². The Morgan fingerprint density at radius 1 is 1.57 bits per heavy atom. The Labute approximate surface area is 84.9 Å². The number of aromatic nitrogens is 1. The van der Waals surface area contributed by atoms with Crippen molar-refractivity contribution in [2.45, 2.75) is 39.5 Å². The molecule has 78 valence electrons. The minimum atomic E-state index is 0.502. The summed E-state index contributed by atoms with van der Waals surface area (Å²) in [6, 6.07) is 0. The van der Waals surface area contributed by atoms with Crippen LogP contribution in [-0.4, -0.2) is 11.7 Å². The van der Waals surface area contributed by atoms with Crippen molar-refractivity contribution in [2.24, 2.45) is 5.41 Å². The predicted octanol–water partition coefficient (Wildman–Crippen LogP) is 2.84. The van der Waals surface area contributed by atoms with E-state index in [4.69, 9.17) is 4.52 Å². The van der Waals surface area contributed by atoms with Crippen LogP contribution in [0.15, 0.2) is 10.7 Å². The van der Waals surface area contributed by atoms with Gasteiger partial charge in [-0.15, -0.1) is 0 Å². The van der Waals surface area contributed by atoms with Gasteiger partial charge >= 0.3 is 0 Å². The van der Waals surface area contributed by atoms with E-state index in [2.05, 4.69) is 24.3 Å². The van der Waals surface area contributed by atoms with Crippen LogP contribution in [0.5, 0.6) is 0 Å². The summed E-state index contributed by atoms with van der Waals surface area (Å²) < 4.78 is 5.12. The van der Waals surface area contributed by atoms with Gasteiger partial charge in [0, 0.05) is 13.0 Å². The molecule has 0 aliphatic heterocycles. The summed E-state index contributed by atoms with van der Waals surface area (Å²) in [7, 11) is 0. The normalized spacial score (nSPS) is 19.0. The van der Waals surface area contributed by atoms with Crippen LogP contribution in [0.25, 0.3) is 0 Å². The second-order valence-corrected chi connectivity index (χ2v) is 4.53. The molecule has 0 bridgehead atoms. The third-order valence-electron chi connectivity index (χ3n) is 3.23. The van der Waals surface area contributed by atoms with Crippen LogP contribution < -0.4 is 5.32 Å². The third-order valence-corrected chi connectivity index (χ3v) is 3.23. The first-order valence-corrected chi connectivity index (χ1v) is 5.41. The van der Waals surface area contributed by atoms with Crippen LogP contribution >= 0.6 is 0 Å². The van der Waals surface area contributed by atoms with Crippen molar-refractivity contribution in [3.8, 4) is 0 Å². The summed E-state index contributed by atoms with van der Waals surface area (Å²) >= 11 is 0. The van der Waals surface area contributed by atoms with E-state index in [-0.39, 0.29) is 0 Å². The van der Waals surface area contributed by atoms with Crippen LogP contribution in [-0.2, 0) is 6.42 Å². The highest BCUT2D eigenvalue weighted by molar-refractivity contribution is 5.44. The lowest BCUT2D eigenvalue weighted by molar-refractivity contribution is 0.180. The average molecular weight is 194 g/mol. The van der Waals surface area contributed by atoms with Crippen molar-refractivity contribution >= 4 is 5.69 Å². The lowest BCUT2D eigenvalue weighted by Gasteiger charge is -2.38. The maximum Gasteiger partial charge on any atom is 0.159 e. The summed E-state index contributed by atoms with van der Waals surface area (Å²) in [5.74, 6) is 0.966. The molecule has 0 radical (unpaired) electrons. The first-order chi connectivity index (χ1) is 6.73. The molecule has 1 aliphatic rings. The van der Waals surface area contributed by atoms with Gasteiger partial charge in [-0.1, -0.05) is 25.4 Å². The molecule has 1 aliphatic carbocycles. The molecule has 0 saturated heterocycles. The zero-order valence-corrected chi connectivity index (χ0v) is 8.97. The van der Waals surface area contributed by atoms with E-state index in [1.807, 2.05) is 0 Å². The van der Waals surface area contributed by atoms with Gasteiger partial charge in [-0.25, -0.2) is 0 Å². The molecule has 2 rings (SSSR count). The van der Waals surface area contributed by atoms with E-state index in [0.29, 0.717) is 5.41 Å². The monoisotopic (exact) mass is 194 g/mol. The Balaban J connectivity index is 1.91. The van der Waals surface area contributed by atoms with Gasteiger partial charge in [-0.3, -0.25) is 0 Å². The van der Waals surface area contributed by atoms with Crippen molar-refractivity contribution in [2.75, 3.05) is 11.9 Å². The van der Waals surface area contributed by atoms with E-state index >= 15 is 0 Å². The van der Waals surface area contributed by atoms with E-state index < -0.39 is 0 Å². The maximum atomic E-state index is 5.12. The van der Waals surface area contributed by atoms with E-state index in [9.17, 15) is 0 Å². The van der Waals surface area contributed by atoms with Crippen LogP contribution in [0.4, 0.5) is 5.69 Å². The van der Waals surface area contributed by atoms with Gasteiger partial charge in [0.05, 0.1) is 11.9 Å². The highest BCUT2D eigenvalue weighted by Crippen LogP contribution is 2.40. The maximum absolute atomic E-state index is 5.12. The standard InChI is InChI=1S/C11H18N2O/c1-3-10-9(7-13-14-10)12-8-11(2)5-4-6-11/h7,12H,3-6,8H2,1-2H3. The smallest absolute Gasteiger partial charge is 0.159 e. The van der Waals surface area contributed by atoms with Crippen molar-refractivity contribution in [3.63, 3.8) is 0 Å². The first-order valence-electron chi connectivity index (χ1n) is 5.41. The van der Waals surface area contributed by atoms with Crippen molar-refractivity contribution < 1.29 is 4.52 Å². The molecule has 0 aromatic carbocycles. The highest BCUT2D eigenvalue weighted by atomic mass is 16.5. The molecule has 1 fully saturated rings. The second kappa shape index (κ2) is 3.64. The van der Waals surface area contributed by atoms with Gasteiger partial charge in [0.15, 0.2) is 5.76 Å². The third kappa shape index (κ3) is 1.76. The minimum absolute atomic E-state index is 0.502. The second-order valence-electron chi connectivity index (χ2n) is 4.53. The molecule has 1 N–H and O–H groups in total. The fraction of sp³-hybridized carbons (Fsp3) is 0.727. The molecule has 1 heterocycles. The Morgan fingerprint density at radius 3 is 2.93 bits per heavy atom. The first kappa shape index (κ1) is 9.56. The fourth-order valence-electron chi connectivity index (χ4n) is 1.93. The average Bonchev–Trinajstić information content (AvgIpc) is 2.58. The topological polar surface area (TPSA) is 38.1 Å². The molecule has 1 aromatic rings.